The third kappa shape index (κ3) is 6.58. The summed E-state index contributed by atoms with van der Waals surface area (Å²) < 4.78 is 34.4. The SMILES string of the molecule is Cc1cc(C)cc(NS(=O)(=O)c2cc(C(=O)NCc3ccc(OC(C)C)cc3)ccc2C)c1. The number of nitrogens with one attached hydrogen (secondary N) is 2. The Bertz CT molecular complexity index is 1230. The summed E-state index contributed by atoms with van der Waals surface area (Å²) in [5.74, 6) is 0.421. The minimum atomic E-state index is -3.86. The van der Waals surface area contributed by atoms with Crippen LogP contribution in [-0.4, -0.2) is 20.4 Å². The average molecular weight is 467 g/mol. The third-order valence-electron chi connectivity index (χ3n) is 4.96. The van der Waals surface area contributed by atoms with Gasteiger partial charge in [0.2, 0.25) is 0 Å². The number of carbonyl (C=O) groups is 1. The molecule has 33 heavy (non-hydrogen) atoms. The molecule has 0 bridgehead atoms. The molecule has 1 amide bonds. The van der Waals surface area contributed by atoms with Crippen molar-refractivity contribution in [3.8, 4) is 5.75 Å². The number of amides is 1. The fourth-order valence-corrected chi connectivity index (χ4v) is 4.83. The van der Waals surface area contributed by atoms with E-state index in [0.717, 1.165) is 22.4 Å². The lowest BCUT2D eigenvalue weighted by atomic mass is 10.1. The molecule has 0 saturated heterocycles. The maximum Gasteiger partial charge on any atom is 0.262 e. The molecule has 0 aromatic heterocycles. The van der Waals surface area contributed by atoms with Crippen molar-refractivity contribution in [3.05, 3.63) is 88.5 Å². The first-order valence-corrected chi connectivity index (χ1v) is 12.3. The zero-order valence-corrected chi connectivity index (χ0v) is 20.4. The number of benzene rings is 3. The summed E-state index contributed by atoms with van der Waals surface area (Å²) in [7, 11) is -3.86. The van der Waals surface area contributed by atoms with Gasteiger partial charge in [0.25, 0.3) is 15.9 Å². The number of hydrogen-bond acceptors (Lipinski definition) is 4. The normalized spacial score (nSPS) is 11.3. The van der Waals surface area contributed by atoms with E-state index in [0.29, 0.717) is 17.8 Å². The molecule has 0 aliphatic rings. The molecule has 0 unspecified atom stereocenters. The molecule has 0 radical (unpaired) electrons. The Morgan fingerprint density at radius 2 is 1.55 bits per heavy atom. The van der Waals surface area contributed by atoms with Crippen molar-refractivity contribution in [1.82, 2.24) is 5.32 Å². The van der Waals surface area contributed by atoms with Gasteiger partial charge in [-0.25, -0.2) is 8.42 Å². The van der Waals surface area contributed by atoms with Crippen molar-refractivity contribution < 1.29 is 17.9 Å². The maximum absolute atomic E-state index is 13.1. The number of anilines is 1. The first-order valence-electron chi connectivity index (χ1n) is 10.8. The lowest BCUT2D eigenvalue weighted by molar-refractivity contribution is 0.0950. The molecule has 0 saturated carbocycles. The van der Waals surface area contributed by atoms with E-state index in [1.165, 1.54) is 6.07 Å². The van der Waals surface area contributed by atoms with E-state index in [2.05, 4.69) is 10.0 Å². The van der Waals surface area contributed by atoms with Gasteiger partial charge in [-0.2, -0.15) is 0 Å². The number of aryl methyl sites for hydroxylation is 3. The van der Waals surface area contributed by atoms with Crippen LogP contribution in [0.25, 0.3) is 0 Å². The first kappa shape index (κ1) is 24.3. The van der Waals surface area contributed by atoms with Crippen molar-refractivity contribution in [2.45, 2.75) is 52.2 Å². The first-order chi connectivity index (χ1) is 15.5. The summed E-state index contributed by atoms with van der Waals surface area (Å²) in [6.07, 6.45) is 0.0898. The van der Waals surface area contributed by atoms with E-state index in [4.69, 9.17) is 4.74 Å². The zero-order valence-electron chi connectivity index (χ0n) is 19.6. The van der Waals surface area contributed by atoms with E-state index >= 15 is 0 Å². The van der Waals surface area contributed by atoms with Gasteiger partial charge in [0.1, 0.15) is 5.75 Å². The van der Waals surface area contributed by atoms with Crippen molar-refractivity contribution >= 4 is 21.6 Å². The summed E-state index contributed by atoms with van der Waals surface area (Å²) in [5, 5.41) is 2.84. The average Bonchev–Trinajstić information content (AvgIpc) is 2.71. The second-order valence-electron chi connectivity index (χ2n) is 8.46. The summed E-state index contributed by atoms with van der Waals surface area (Å²) in [6, 6.07) is 17.7. The van der Waals surface area contributed by atoms with Gasteiger partial charge in [0, 0.05) is 17.8 Å². The number of carbonyl (C=O) groups excluding carboxylic acids is 1. The summed E-state index contributed by atoms with van der Waals surface area (Å²) >= 11 is 0. The molecule has 3 aromatic carbocycles. The van der Waals surface area contributed by atoms with Crippen molar-refractivity contribution in [2.24, 2.45) is 0 Å². The lowest BCUT2D eigenvalue weighted by Gasteiger charge is -2.13. The Hall–Kier alpha value is -3.32. The van der Waals surface area contributed by atoms with E-state index in [1.807, 2.05) is 58.0 Å². The smallest absolute Gasteiger partial charge is 0.262 e. The van der Waals surface area contributed by atoms with Crippen LogP contribution in [0.5, 0.6) is 5.75 Å². The summed E-state index contributed by atoms with van der Waals surface area (Å²) in [5.41, 5.74) is 4.16. The van der Waals surface area contributed by atoms with Crippen LogP contribution in [0.1, 0.15) is 46.5 Å². The third-order valence-corrected chi connectivity index (χ3v) is 6.49. The van der Waals surface area contributed by atoms with Crippen LogP contribution in [0.2, 0.25) is 0 Å². The topological polar surface area (TPSA) is 84.5 Å². The molecule has 6 nitrogen and oxygen atoms in total. The standard InChI is InChI=1S/C26H30N2O4S/c1-17(2)32-24-10-7-21(8-11-24)16-27-26(29)22-9-6-20(5)25(15-22)33(30,31)28-23-13-18(3)12-19(4)14-23/h6-15,17,28H,16H2,1-5H3,(H,27,29). The Morgan fingerprint density at radius 1 is 0.909 bits per heavy atom. The van der Waals surface area contributed by atoms with Gasteiger partial charge in [0.05, 0.1) is 11.0 Å². The van der Waals surface area contributed by atoms with Crippen LogP contribution in [0.4, 0.5) is 5.69 Å². The van der Waals surface area contributed by atoms with Crippen LogP contribution in [-0.2, 0) is 16.6 Å². The molecule has 7 heteroatoms. The number of hydrogen-bond donors (Lipinski definition) is 2. The minimum Gasteiger partial charge on any atom is -0.491 e. The molecule has 0 heterocycles. The van der Waals surface area contributed by atoms with Crippen LogP contribution in [0, 0.1) is 20.8 Å². The molecule has 2 N–H and O–H groups in total. The predicted octanol–water partition coefficient (Wildman–Crippen LogP) is 5.13. The van der Waals surface area contributed by atoms with Crippen LogP contribution >= 0.6 is 0 Å². The molecule has 3 aromatic rings. The molecule has 0 atom stereocenters. The maximum atomic E-state index is 13.1. The monoisotopic (exact) mass is 466 g/mol. The quantitative estimate of drug-likeness (QED) is 0.482. The second-order valence-corrected chi connectivity index (χ2v) is 10.1. The van der Waals surface area contributed by atoms with E-state index in [9.17, 15) is 13.2 Å². The van der Waals surface area contributed by atoms with E-state index in [-0.39, 0.29) is 22.5 Å². The Balaban J connectivity index is 1.74. The minimum absolute atomic E-state index is 0.0736. The second kappa shape index (κ2) is 10.1. The molecular formula is C26H30N2O4S. The largest absolute Gasteiger partial charge is 0.491 e. The zero-order chi connectivity index (χ0) is 24.2. The molecule has 0 aliphatic carbocycles. The van der Waals surface area contributed by atoms with Gasteiger partial charge >= 0.3 is 0 Å². The van der Waals surface area contributed by atoms with Gasteiger partial charge in [-0.3, -0.25) is 9.52 Å². The van der Waals surface area contributed by atoms with Gasteiger partial charge in [-0.15, -0.1) is 0 Å². The number of ether oxygens (including phenoxy) is 1. The predicted molar refractivity (Wildman–Crippen MR) is 131 cm³/mol. The highest BCUT2D eigenvalue weighted by atomic mass is 32.2. The fourth-order valence-electron chi connectivity index (χ4n) is 3.52. The molecule has 0 spiro atoms. The molecule has 3 rings (SSSR count). The van der Waals surface area contributed by atoms with Crippen molar-refractivity contribution in [3.63, 3.8) is 0 Å². The van der Waals surface area contributed by atoms with Gasteiger partial charge in [0.15, 0.2) is 0 Å². The summed E-state index contributed by atoms with van der Waals surface area (Å²) in [4.78, 5) is 12.8. The Morgan fingerprint density at radius 3 is 2.15 bits per heavy atom. The van der Waals surface area contributed by atoms with Gasteiger partial charge in [-0.1, -0.05) is 24.3 Å². The number of sulfonamides is 1. The number of rotatable bonds is 8. The highest BCUT2D eigenvalue weighted by Crippen LogP contribution is 2.23. The van der Waals surface area contributed by atoms with Gasteiger partial charge < -0.3 is 10.1 Å². The molecule has 0 fully saturated rings. The summed E-state index contributed by atoms with van der Waals surface area (Å²) in [6.45, 7) is 9.76. The molecule has 174 valence electrons. The Labute approximate surface area is 196 Å². The van der Waals surface area contributed by atoms with Crippen molar-refractivity contribution in [1.29, 1.82) is 0 Å². The van der Waals surface area contributed by atoms with Crippen LogP contribution in [0.15, 0.2) is 65.6 Å². The fraction of sp³-hybridized carbons (Fsp3) is 0.269. The Kier molecular flexibility index (Phi) is 7.43. The van der Waals surface area contributed by atoms with Crippen LogP contribution in [0.3, 0.4) is 0 Å². The van der Waals surface area contributed by atoms with E-state index in [1.54, 1.807) is 31.2 Å². The van der Waals surface area contributed by atoms with Gasteiger partial charge in [-0.05, 0) is 93.3 Å². The molecular weight excluding hydrogens is 436 g/mol. The lowest BCUT2D eigenvalue weighted by Crippen LogP contribution is -2.23. The van der Waals surface area contributed by atoms with Crippen molar-refractivity contribution in [2.75, 3.05) is 4.72 Å². The highest BCUT2D eigenvalue weighted by Gasteiger charge is 2.19. The van der Waals surface area contributed by atoms with E-state index < -0.39 is 10.0 Å². The molecule has 0 aliphatic heterocycles. The van der Waals surface area contributed by atoms with Crippen LogP contribution < -0.4 is 14.8 Å². The highest BCUT2D eigenvalue weighted by molar-refractivity contribution is 7.92.